The van der Waals surface area contributed by atoms with Crippen molar-refractivity contribution in [3.8, 4) is 0 Å². The standard InChI is InChI=1S/C8H10AsNO5.C6H4F3N/c1-6(11)10-8-5-3-2-4-7(8)9(12,13)15-14;7-6(8,9)5-2-1-3-10-4-5/h2-5,14H,1H3,(H,10,11)(H,12,13);1-4H. The second-order valence-electron chi connectivity index (χ2n) is 4.54. The third kappa shape index (κ3) is 6.71. The zero-order chi connectivity index (χ0) is 19.1. The number of nitrogens with zero attached hydrogens (tertiary/aromatic N) is 1. The minimum atomic E-state index is -4.92. The van der Waals surface area contributed by atoms with Crippen LogP contribution >= 0.6 is 0 Å². The molecule has 0 bridgehead atoms. The van der Waals surface area contributed by atoms with E-state index in [0.717, 1.165) is 12.3 Å². The van der Waals surface area contributed by atoms with E-state index in [0.29, 0.717) is 0 Å². The van der Waals surface area contributed by atoms with Crippen LogP contribution in [0.2, 0.25) is 0 Å². The van der Waals surface area contributed by atoms with Gasteiger partial charge in [-0.2, -0.15) is 13.2 Å². The molecule has 0 saturated carbocycles. The number of alkyl halides is 3. The molecule has 1 aromatic carbocycles. The van der Waals surface area contributed by atoms with E-state index < -0.39 is 25.9 Å². The van der Waals surface area contributed by atoms with Gasteiger partial charge in [0.2, 0.25) is 0 Å². The molecule has 0 radical (unpaired) electrons. The fourth-order valence-corrected chi connectivity index (χ4v) is 3.26. The van der Waals surface area contributed by atoms with E-state index in [1.54, 1.807) is 6.07 Å². The number of carbonyl (C=O) groups excluding carboxylic acids is 1. The molecule has 11 heteroatoms. The molecule has 1 atom stereocenters. The Morgan fingerprint density at radius 3 is 2.32 bits per heavy atom. The number of hydrogen-bond donors (Lipinski definition) is 3. The van der Waals surface area contributed by atoms with Crippen LogP contribution < -0.4 is 9.67 Å². The Kier molecular flexibility index (Phi) is 7.37. The molecule has 7 nitrogen and oxygen atoms in total. The summed E-state index contributed by atoms with van der Waals surface area (Å²) in [5, 5.41) is 10.7. The van der Waals surface area contributed by atoms with Crippen LogP contribution in [0.1, 0.15) is 12.5 Å². The van der Waals surface area contributed by atoms with Gasteiger partial charge in [-0.1, -0.05) is 0 Å². The van der Waals surface area contributed by atoms with Crippen LogP contribution in [0.4, 0.5) is 18.9 Å². The van der Waals surface area contributed by atoms with Gasteiger partial charge >= 0.3 is 94.6 Å². The summed E-state index contributed by atoms with van der Waals surface area (Å²) >= 11 is -4.92. The summed E-state index contributed by atoms with van der Waals surface area (Å²) in [6.07, 6.45) is -2.18. The molecule has 25 heavy (non-hydrogen) atoms. The third-order valence-electron chi connectivity index (χ3n) is 2.62. The maximum absolute atomic E-state index is 11.7. The van der Waals surface area contributed by atoms with E-state index >= 15 is 0 Å². The van der Waals surface area contributed by atoms with Crippen molar-refractivity contribution in [3.05, 3.63) is 54.4 Å². The van der Waals surface area contributed by atoms with Crippen molar-refractivity contribution in [3.63, 3.8) is 0 Å². The van der Waals surface area contributed by atoms with Crippen LogP contribution in [0.5, 0.6) is 0 Å². The van der Waals surface area contributed by atoms with Crippen LogP contribution in [0.15, 0.2) is 48.8 Å². The van der Waals surface area contributed by atoms with Crippen LogP contribution in [0.3, 0.4) is 0 Å². The molecule has 1 unspecified atom stereocenters. The van der Waals surface area contributed by atoms with Crippen molar-refractivity contribution in [1.82, 2.24) is 4.98 Å². The van der Waals surface area contributed by atoms with Gasteiger partial charge in [0.25, 0.3) is 0 Å². The molecule has 0 aliphatic carbocycles. The zero-order valence-corrected chi connectivity index (χ0v) is 14.6. The number of amides is 1. The summed E-state index contributed by atoms with van der Waals surface area (Å²) in [6.45, 7) is 1.27. The Morgan fingerprint density at radius 2 is 1.88 bits per heavy atom. The quantitative estimate of drug-likeness (QED) is 0.396. The normalized spacial score (nSPS) is 13.2. The predicted molar refractivity (Wildman–Crippen MR) is 82.0 cm³/mol. The van der Waals surface area contributed by atoms with Crippen molar-refractivity contribution < 1.29 is 34.9 Å². The summed E-state index contributed by atoms with van der Waals surface area (Å²) in [5.74, 6) is -0.379. The molecule has 1 aromatic heterocycles. The monoisotopic (exact) mass is 422 g/mol. The molecule has 0 aliphatic rings. The largest absolute Gasteiger partial charge is 0.417 e. The first-order chi connectivity index (χ1) is 11.6. The first-order valence-corrected chi connectivity index (χ1v) is 9.89. The first-order valence-electron chi connectivity index (χ1n) is 6.58. The van der Waals surface area contributed by atoms with Crippen molar-refractivity contribution in [2.45, 2.75) is 13.1 Å². The summed E-state index contributed by atoms with van der Waals surface area (Å²) in [6, 6.07) is 8.07. The number of aromatic nitrogens is 1. The van der Waals surface area contributed by atoms with E-state index in [4.69, 9.17) is 5.26 Å². The third-order valence-corrected chi connectivity index (χ3v) is 5.18. The van der Waals surface area contributed by atoms with Crippen LogP contribution in [0.25, 0.3) is 0 Å². The number of para-hydroxylation sites is 1. The molecule has 0 saturated heterocycles. The molecule has 1 amide bonds. The van der Waals surface area contributed by atoms with Gasteiger partial charge in [0.15, 0.2) is 0 Å². The van der Waals surface area contributed by atoms with Gasteiger partial charge in [0.1, 0.15) is 0 Å². The molecular weight excluding hydrogens is 408 g/mol. The topological polar surface area (TPSA) is 109 Å². The summed E-state index contributed by atoms with van der Waals surface area (Å²) in [5.41, 5.74) is -0.556. The molecule has 0 fully saturated rings. The van der Waals surface area contributed by atoms with Crippen LogP contribution in [0, 0.1) is 0 Å². The van der Waals surface area contributed by atoms with E-state index in [9.17, 15) is 25.8 Å². The maximum Gasteiger partial charge on any atom is 0.417 e. The number of halogens is 3. The molecule has 0 aliphatic heterocycles. The number of carbonyl (C=O) groups is 1. The van der Waals surface area contributed by atoms with Gasteiger partial charge in [0, 0.05) is 12.4 Å². The second-order valence-corrected chi connectivity index (χ2v) is 8.08. The van der Waals surface area contributed by atoms with Gasteiger partial charge in [-0.3, -0.25) is 4.98 Å². The van der Waals surface area contributed by atoms with Crippen LogP contribution in [-0.2, 0) is 18.6 Å². The van der Waals surface area contributed by atoms with E-state index in [2.05, 4.69) is 14.2 Å². The molecule has 1 heterocycles. The van der Waals surface area contributed by atoms with Gasteiger partial charge in [0.05, 0.1) is 5.56 Å². The summed E-state index contributed by atoms with van der Waals surface area (Å²) in [4.78, 5) is 14.1. The predicted octanol–water partition coefficient (Wildman–Crippen LogP) is 1.80. The van der Waals surface area contributed by atoms with Gasteiger partial charge in [-0.05, 0) is 12.1 Å². The fraction of sp³-hybridized carbons (Fsp3) is 0.143. The minimum Gasteiger partial charge on any atom is -0.264 e. The Bertz CT molecular complexity index is 756. The van der Waals surface area contributed by atoms with Crippen molar-refractivity contribution in [2.24, 2.45) is 0 Å². The van der Waals surface area contributed by atoms with E-state index in [1.165, 1.54) is 37.4 Å². The molecule has 2 aromatic rings. The number of pyridine rings is 1. The summed E-state index contributed by atoms with van der Waals surface area (Å²) in [7, 11) is 0. The average Bonchev–Trinajstić information content (AvgIpc) is 2.55. The molecule has 0 spiro atoms. The SMILES string of the molecule is CC(=O)Nc1ccccc1[As](=O)(O)OO.FC(F)(F)c1cccnc1. The minimum absolute atomic E-state index is 0.103. The number of anilines is 1. The van der Waals surface area contributed by atoms with Gasteiger partial charge < -0.3 is 0 Å². The molecular formula is C14H14AsF3N2O5. The smallest absolute Gasteiger partial charge is 0.264 e. The van der Waals surface area contributed by atoms with E-state index in [1.807, 2.05) is 0 Å². The Hall–Kier alpha value is -2.13. The Balaban J connectivity index is 0.000000271. The van der Waals surface area contributed by atoms with Gasteiger partial charge in [-0.25, -0.2) is 0 Å². The molecule has 3 N–H and O–H groups in total. The average molecular weight is 422 g/mol. The maximum atomic E-state index is 11.7. The van der Waals surface area contributed by atoms with Crippen molar-refractivity contribution >= 4 is 30.1 Å². The first kappa shape index (κ1) is 20.9. The van der Waals surface area contributed by atoms with Crippen LogP contribution in [-0.4, -0.2) is 34.4 Å². The van der Waals surface area contributed by atoms with Crippen molar-refractivity contribution in [1.29, 1.82) is 0 Å². The van der Waals surface area contributed by atoms with Crippen molar-refractivity contribution in [2.75, 3.05) is 5.32 Å². The number of nitrogens with one attached hydrogen (secondary N) is 1. The van der Waals surface area contributed by atoms with Gasteiger partial charge in [-0.15, -0.1) is 0 Å². The number of benzene rings is 1. The second kappa shape index (κ2) is 8.82. The Morgan fingerprint density at radius 1 is 1.24 bits per heavy atom. The number of rotatable bonds is 3. The number of hydrogen-bond acceptors (Lipinski definition) is 5. The summed E-state index contributed by atoms with van der Waals surface area (Å²) < 4.78 is 59.4. The Labute approximate surface area is 143 Å². The van der Waals surface area contributed by atoms with E-state index in [-0.39, 0.29) is 15.9 Å². The zero-order valence-electron chi connectivity index (χ0n) is 12.8. The molecule has 2 rings (SSSR count). The fourth-order valence-electron chi connectivity index (χ4n) is 1.59. The molecule has 136 valence electrons.